The number of benzene rings is 1. The van der Waals surface area contributed by atoms with E-state index >= 15 is 0 Å². The highest BCUT2D eigenvalue weighted by molar-refractivity contribution is 5.46. The summed E-state index contributed by atoms with van der Waals surface area (Å²) in [6.45, 7) is 1.48. The second kappa shape index (κ2) is 6.33. The van der Waals surface area contributed by atoms with Crippen molar-refractivity contribution in [3.63, 3.8) is 0 Å². The van der Waals surface area contributed by atoms with E-state index in [4.69, 9.17) is 10.00 Å². The van der Waals surface area contributed by atoms with Crippen LogP contribution in [0.1, 0.15) is 23.8 Å². The maximum Gasteiger partial charge on any atom is 0.182 e. The number of hydrogen-bond acceptors (Lipinski definition) is 5. The predicted octanol–water partition coefficient (Wildman–Crippen LogP) is 2.54. The SMILES string of the molecule is N#Cc1nccnc1NCC1CCOC1c1ccccc1. The average Bonchev–Trinajstić information content (AvgIpc) is 3.02. The third-order valence-electron chi connectivity index (χ3n) is 3.68. The molecule has 3 rings (SSSR count). The van der Waals surface area contributed by atoms with Crippen LogP contribution in [0.5, 0.6) is 0 Å². The molecule has 1 aliphatic heterocycles. The third-order valence-corrected chi connectivity index (χ3v) is 3.68. The van der Waals surface area contributed by atoms with Crippen molar-refractivity contribution in [3.05, 3.63) is 54.0 Å². The highest BCUT2D eigenvalue weighted by atomic mass is 16.5. The second-order valence-corrected chi connectivity index (χ2v) is 5.00. The zero-order valence-electron chi connectivity index (χ0n) is 11.6. The molecule has 0 spiro atoms. The number of ether oxygens (including phenoxy) is 1. The molecular weight excluding hydrogens is 264 g/mol. The van der Waals surface area contributed by atoms with Crippen LogP contribution in [0.4, 0.5) is 5.82 Å². The van der Waals surface area contributed by atoms with Crippen LogP contribution in [0, 0.1) is 17.2 Å². The summed E-state index contributed by atoms with van der Waals surface area (Å²) in [6.07, 6.45) is 4.20. The Balaban J connectivity index is 1.69. The topological polar surface area (TPSA) is 70.8 Å². The van der Waals surface area contributed by atoms with Crippen LogP contribution in [0.15, 0.2) is 42.7 Å². The molecule has 2 aromatic rings. The molecule has 2 unspecified atom stereocenters. The lowest BCUT2D eigenvalue weighted by molar-refractivity contribution is 0.0933. The van der Waals surface area contributed by atoms with Crippen molar-refractivity contribution in [3.8, 4) is 6.07 Å². The van der Waals surface area contributed by atoms with E-state index in [1.165, 1.54) is 11.8 Å². The van der Waals surface area contributed by atoms with Crippen LogP contribution in [-0.4, -0.2) is 23.1 Å². The lowest BCUT2D eigenvalue weighted by atomic mass is 9.95. The van der Waals surface area contributed by atoms with Gasteiger partial charge in [0.05, 0.1) is 6.10 Å². The van der Waals surface area contributed by atoms with Gasteiger partial charge in [-0.3, -0.25) is 0 Å². The zero-order chi connectivity index (χ0) is 14.5. The minimum absolute atomic E-state index is 0.0981. The molecule has 1 aromatic carbocycles. The number of nitriles is 1. The molecule has 5 heteroatoms. The molecule has 21 heavy (non-hydrogen) atoms. The summed E-state index contributed by atoms with van der Waals surface area (Å²) in [5, 5.41) is 12.3. The fourth-order valence-electron chi connectivity index (χ4n) is 2.63. The molecular formula is C16H16N4O. The Kier molecular flexibility index (Phi) is 4.08. The molecule has 0 radical (unpaired) electrons. The summed E-state index contributed by atoms with van der Waals surface area (Å²) < 4.78 is 5.86. The lowest BCUT2D eigenvalue weighted by Crippen LogP contribution is -2.19. The van der Waals surface area contributed by atoms with Gasteiger partial charge in [0.25, 0.3) is 0 Å². The van der Waals surface area contributed by atoms with Gasteiger partial charge in [-0.1, -0.05) is 30.3 Å². The monoisotopic (exact) mass is 280 g/mol. The molecule has 1 fully saturated rings. The van der Waals surface area contributed by atoms with Gasteiger partial charge in [0.1, 0.15) is 6.07 Å². The fraction of sp³-hybridized carbons (Fsp3) is 0.312. The molecule has 1 aromatic heterocycles. The van der Waals surface area contributed by atoms with Gasteiger partial charge in [0.2, 0.25) is 0 Å². The van der Waals surface area contributed by atoms with Gasteiger partial charge in [-0.25, -0.2) is 9.97 Å². The number of nitrogens with zero attached hydrogens (tertiary/aromatic N) is 3. The van der Waals surface area contributed by atoms with Crippen LogP contribution < -0.4 is 5.32 Å². The number of anilines is 1. The maximum atomic E-state index is 9.02. The van der Waals surface area contributed by atoms with E-state index in [2.05, 4.69) is 27.4 Å². The average molecular weight is 280 g/mol. The molecule has 106 valence electrons. The summed E-state index contributed by atoms with van der Waals surface area (Å²) in [6, 6.07) is 12.3. The van der Waals surface area contributed by atoms with Gasteiger partial charge >= 0.3 is 0 Å². The Morgan fingerprint density at radius 1 is 1.24 bits per heavy atom. The first-order valence-electron chi connectivity index (χ1n) is 7.00. The molecule has 0 amide bonds. The third kappa shape index (κ3) is 3.01. The van der Waals surface area contributed by atoms with Gasteiger partial charge in [-0.15, -0.1) is 0 Å². The van der Waals surface area contributed by atoms with Gasteiger partial charge in [-0.2, -0.15) is 5.26 Å². The van der Waals surface area contributed by atoms with Crippen LogP contribution in [0.2, 0.25) is 0 Å². The van der Waals surface area contributed by atoms with Crippen molar-refractivity contribution in [2.45, 2.75) is 12.5 Å². The van der Waals surface area contributed by atoms with Crippen molar-refractivity contribution in [2.75, 3.05) is 18.5 Å². The van der Waals surface area contributed by atoms with Crippen molar-refractivity contribution in [1.29, 1.82) is 5.26 Å². The summed E-state index contributed by atoms with van der Waals surface area (Å²) in [7, 11) is 0. The molecule has 0 aliphatic carbocycles. The Labute approximate surface area is 123 Å². The molecule has 1 N–H and O–H groups in total. The van der Waals surface area contributed by atoms with Crippen molar-refractivity contribution in [2.24, 2.45) is 5.92 Å². The standard InChI is InChI=1S/C16H16N4O/c17-10-14-16(19-8-7-18-14)20-11-13-6-9-21-15(13)12-4-2-1-3-5-12/h1-5,7-8,13,15H,6,9,11H2,(H,19,20). The van der Waals surface area contributed by atoms with E-state index in [1.807, 2.05) is 24.3 Å². The number of rotatable bonds is 4. The maximum absolute atomic E-state index is 9.02. The Bertz CT molecular complexity index is 638. The second-order valence-electron chi connectivity index (χ2n) is 5.00. The minimum Gasteiger partial charge on any atom is -0.373 e. The van der Waals surface area contributed by atoms with Crippen LogP contribution >= 0.6 is 0 Å². The van der Waals surface area contributed by atoms with Gasteiger partial charge in [-0.05, 0) is 12.0 Å². The first-order chi connectivity index (χ1) is 10.4. The van der Waals surface area contributed by atoms with E-state index in [0.29, 0.717) is 24.0 Å². The van der Waals surface area contributed by atoms with Gasteiger partial charge in [0, 0.05) is 31.5 Å². The van der Waals surface area contributed by atoms with E-state index in [-0.39, 0.29) is 6.10 Å². The quantitative estimate of drug-likeness (QED) is 0.931. The highest BCUT2D eigenvalue weighted by Crippen LogP contribution is 2.34. The molecule has 1 aliphatic rings. The van der Waals surface area contributed by atoms with Gasteiger partial charge < -0.3 is 10.1 Å². The largest absolute Gasteiger partial charge is 0.373 e. The summed E-state index contributed by atoms with van der Waals surface area (Å²) in [5.41, 5.74) is 1.52. The zero-order valence-corrected chi connectivity index (χ0v) is 11.6. The molecule has 0 bridgehead atoms. The summed E-state index contributed by atoms with van der Waals surface area (Å²) >= 11 is 0. The Hall–Kier alpha value is -2.45. The molecule has 2 heterocycles. The van der Waals surface area contributed by atoms with E-state index < -0.39 is 0 Å². The van der Waals surface area contributed by atoms with Crippen molar-refractivity contribution in [1.82, 2.24) is 9.97 Å². The molecule has 2 atom stereocenters. The molecule has 1 saturated heterocycles. The first kappa shape index (κ1) is 13.5. The summed E-state index contributed by atoms with van der Waals surface area (Å²) in [4.78, 5) is 8.17. The Morgan fingerprint density at radius 3 is 2.86 bits per heavy atom. The normalized spacial score (nSPS) is 20.9. The minimum atomic E-state index is 0.0981. The summed E-state index contributed by atoms with van der Waals surface area (Å²) in [5.74, 6) is 0.902. The highest BCUT2D eigenvalue weighted by Gasteiger charge is 2.29. The van der Waals surface area contributed by atoms with Gasteiger partial charge in [0.15, 0.2) is 11.5 Å². The number of hydrogen-bond donors (Lipinski definition) is 1. The predicted molar refractivity (Wildman–Crippen MR) is 78.5 cm³/mol. The van der Waals surface area contributed by atoms with E-state index in [1.54, 1.807) is 6.20 Å². The van der Waals surface area contributed by atoms with Crippen molar-refractivity contribution >= 4 is 5.82 Å². The van der Waals surface area contributed by atoms with Crippen LogP contribution in [0.3, 0.4) is 0 Å². The molecule has 5 nitrogen and oxygen atoms in total. The molecule has 0 saturated carbocycles. The number of nitrogens with one attached hydrogen (secondary N) is 1. The number of aromatic nitrogens is 2. The smallest absolute Gasteiger partial charge is 0.182 e. The van der Waals surface area contributed by atoms with Crippen LogP contribution in [-0.2, 0) is 4.74 Å². The van der Waals surface area contributed by atoms with Crippen molar-refractivity contribution < 1.29 is 4.74 Å². The Morgan fingerprint density at radius 2 is 2.05 bits per heavy atom. The van der Waals surface area contributed by atoms with E-state index in [0.717, 1.165) is 13.0 Å². The van der Waals surface area contributed by atoms with E-state index in [9.17, 15) is 0 Å². The fourth-order valence-corrected chi connectivity index (χ4v) is 2.63. The van der Waals surface area contributed by atoms with Crippen LogP contribution in [0.25, 0.3) is 0 Å². The first-order valence-corrected chi connectivity index (χ1v) is 7.00. The lowest BCUT2D eigenvalue weighted by Gasteiger charge is -2.19.